The zero-order chi connectivity index (χ0) is 33.0. The van der Waals surface area contributed by atoms with Crippen LogP contribution in [0.5, 0.6) is 0 Å². The van der Waals surface area contributed by atoms with Gasteiger partial charge in [-0.15, -0.1) is 0 Å². The van der Waals surface area contributed by atoms with Crippen molar-refractivity contribution in [1.29, 1.82) is 0 Å². The molecule has 0 N–H and O–H groups in total. The molecule has 0 aliphatic heterocycles. The summed E-state index contributed by atoms with van der Waals surface area (Å²) >= 11 is -0.776. The van der Waals surface area contributed by atoms with E-state index in [0.29, 0.717) is 6.61 Å². The summed E-state index contributed by atoms with van der Waals surface area (Å²) in [4.78, 5) is 5.40. The van der Waals surface area contributed by atoms with Gasteiger partial charge in [0.1, 0.15) is 0 Å². The number of unbranched alkanes of at least 4 members (excludes halogenated alkanes) is 3. The number of aromatic nitrogens is 1. The van der Waals surface area contributed by atoms with Crippen LogP contribution in [0.2, 0.25) is 18.3 Å². The molecule has 6 heteroatoms. The molecule has 2 nitrogen and oxygen atoms in total. The molecule has 0 spiro atoms. The third-order valence-electron chi connectivity index (χ3n) is 9.57. The van der Waals surface area contributed by atoms with Gasteiger partial charge in [0, 0.05) is 0 Å². The first-order chi connectivity index (χ1) is 22.2. The Balaban J connectivity index is 1.68. The van der Waals surface area contributed by atoms with Gasteiger partial charge in [0.15, 0.2) is 0 Å². The van der Waals surface area contributed by atoms with E-state index in [9.17, 15) is 4.39 Å². The fraction of sp³-hybridized carbons (Fsp3) is 0.475. The van der Waals surface area contributed by atoms with Crippen molar-refractivity contribution in [3.8, 4) is 11.3 Å². The van der Waals surface area contributed by atoms with Crippen molar-refractivity contribution in [2.45, 2.75) is 111 Å². The molecule has 0 fully saturated rings. The minimum atomic E-state index is -2.79. The van der Waals surface area contributed by atoms with Crippen LogP contribution in [0.1, 0.15) is 91.5 Å². The van der Waals surface area contributed by atoms with Crippen molar-refractivity contribution >= 4 is 51.3 Å². The van der Waals surface area contributed by atoms with Gasteiger partial charge in [-0.1, -0.05) is 0 Å². The van der Waals surface area contributed by atoms with E-state index in [2.05, 4.69) is 102 Å². The second-order valence-electron chi connectivity index (χ2n) is 14.0. The van der Waals surface area contributed by atoms with Gasteiger partial charge in [-0.2, -0.15) is 0 Å². The van der Waals surface area contributed by atoms with Crippen LogP contribution in [0.15, 0.2) is 84.9 Å². The van der Waals surface area contributed by atoms with Gasteiger partial charge >= 0.3 is 290 Å². The van der Waals surface area contributed by atoms with Crippen molar-refractivity contribution in [2.75, 3.05) is 6.61 Å². The molecule has 1 heterocycles. The Kier molecular flexibility index (Phi) is 14.1. The molecule has 3 aromatic carbocycles. The Morgan fingerprint density at radius 3 is 1.67 bits per heavy atom. The summed E-state index contributed by atoms with van der Waals surface area (Å²) in [6.07, 6.45) is 9.51. The maximum absolute atomic E-state index is 14.1. The van der Waals surface area contributed by atoms with Crippen LogP contribution in [-0.4, -0.2) is 38.3 Å². The Morgan fingerprint density at radius 2 is 1.22 bits per heavy atom. The predicted octanol–water partition coefficient (Wildman–Crippen LogP) is 10.5. The molecule has 0 amide bonds. The van der Waals surface area contributed by atoms with E-state index in [1.54, 1.807) is 15.0 Å². The molecule has 46 heavy (non-hydrogen) atoms. The topological polar surface area (TPSA) is 22.1 Å². The summed E-state index contributed by atoms with van der Waals surface area (Å²) in [5.41, 5.74) is 2.26. The number of aryl methyl sites for hydroxylation is 1. The average molecular weight is 765 g/mol. The van der Waals surface area contributed by atoms with Crippen LogP contribution < -0.4 is 13.3 Å². The molecule has 0 aliphatic rings. The molecule has 248 valence electrons. The second kappa shape index (κ2) is 17.6. The fourth-order valence-corrected chi connectivity index (χ4v) is 32.6. The molecular formula is C40H56FNOSSiSn. The van der Waals surface area contributed by atoms with Crippen LogP contribution in [-0.2, 0) is 10.8 Å². The Morgan fingerprint density at radius 1 is 0.717 bits per heavy atom. The molecule has 1 aromatic heterocycles. The van der Waals surface area contributed by atoms with E-state index in [0.717, 1.165) is 18.4 Å². The first kappa shape index (κ1) is 37.0. The monoisotopic (exact) mass is 765 g/mol. The number of halogens is 1. The number of thiazole rings is 1. The molecule has 4 aromatic rings. The van der Waals surface area contributed by atoms with Crippen LogP contribution in [0.4, 0.5) is 4.39 Å². The van der Waals surface area contributed by atoms with Crippen LogP contribution in [0, 0.1) is 5.82 Å². The van der Waals surface area contributed by atoms with E-state index in [-0.39, 0.29) is 10.9 Å². The summed E-state index contributed by atoms with van der Waals surface area (Å²) < 4.78 is 27.1. The maximum atomic E-state index is 14.1. The zero-order valence-corrected chi connectivity index (χ0v) is 33.9. The van der Waals surface area contributed by atoms with E-state index < -0.39 is 26.7 Å². The number of nitrogens with zero attached hydrogens (tertiary/aromatic N) is 1. The van der Waals surface area contributed by atoms with E-state index >= 15 is 0 Å². The molecule has 0 atom stereocenters. The van der Waals surface area contributed by atoms with Gasteiger partial charge in [0.2, 0.25) is 0 Å². The molecule has 0 bridgehead atoms. The van der Waals surface area contributed by atoms with Gasteiger partial charge in [-0.3, -0.25) is 0 Å². The first-order valence-electron chi connectivity index (χ1n) is 17.7. The van der Waals surface area contributed by atoms with Crippen LogP contribution in [0.25, 0.3) is 11.3 Å². The number of hydrogen-bond acceptors (Lipinski definition) is 3. The van der Waals surface area contributed by atoms with E-state index in [1.807, 2.05) is 23.5 Å². The van der Waals surface area contributed by atoms with Gasteiger partial charge in [0.25, 0.3) is 0 Å². The van der Waals surface area contributed by atoms with Crippen molar-refractivity contribution < 1.29 is 8.82 Å². The van der Waals surface area contributed by atoms with Crippen molar-refractivity contribution in [3.05, 3.63) is 95.8 Å². The summed E-state index contributed by atoms with van der Waals surface area (Å²) in [6.45, 7) is 14.7. The molecule has 0 radical (unpaired) electrons. The van der Waals surface area contributed by atoms with E-state index in [4.69, 9.17) is 9.41 Å². The molecule has 0 aliphatic carbocycles. The summed E-state index contributed by atoms with van der Waals surface area (Å²) in [7, 11) is -2.57. The molecule has 0 unspecified atom stereocenters. The van der Waals surface area contributed by atoms with Gasteiger partial charge in [0.05, 0.1) is 0 Å². The number of rotatable bonds is 18. The summed E-state index contributed by atoms with van der Waals surface area (Å²) in [5, 5.41) is 3.84. The predicted molar refractivity (Wildman–Crippen MR) is 204 cm³/mol. The Labute approximate surface area is 288 Å². The van der Waals surface area contributed by atoms with Gasteiger partial charge in [-0.05, 0) is 0 Å². The normalized spacial score (nSPS) is 12.5. The summed E-state index contributed by atoms with van der Waals surface area (Å²) in [6, 6.07) is 29.0. The Bertz CT molecular complexity index is 1390. The van der Waals surface area contributed by atoms with Crippen molar-refractivity contribution in [3.63, 3.8) is 0 Å². The molecule has 0 saturated heterocycles. The van der Waals surface area contributed by atoms with Crippen molar-refractivity contribution in [1.82, 2.24) is 4.98 Å². The SMILES string of the molecule is CCC[CH2][Sn]([CH2]CCC)([CH2]CCC)[c]1sc(CCCO[Si](c2ccccc2)(c2ccccc2)C(C)(C)C)nc1-c1ccc(F)cc1. The first-order valence-corrected chi connectivity index (χ1v) is 27.9. The number of benzene rings is 3. The van der Waals surface area contributed by atoms with Crippen LogP contribution >= 0.6 is 11.3 Å². The van der Waals surface area contributed by atoms with Gasteiger partial charge in [-0.25, -0.2) is 0 Å². The Hall–Kier alpha value is -1.80. The minimum absolute atomic E-state index is 0.0360. The van der Waals surface area contributed by atoms with E-state index in [1.165, 1.54) is 72.9 Å². The average Bonchev–Trinajstić information content (AvgIpc) is 3.50. The quantitative estimate of drug-likeness (QED) is 0.0744. The second-order valence-corrected chi connectivity index (χ2v) is 33.4. The molecule has 4 rings (SSSR count). The third-order valence-corrected chi connectivity index (χ3v) is 34.0. The summed E-state index contributed by atoms with van der Waals surface area (Å²) in [5.74, 6) is -0.182. The zero-order valence-electron chi connectivity index (χ0n) is 29.2. The standard InChI is InChI=1S/C28H29FNOSSi.3C4H9.Sn/c1-28(2,3)33(24-11-6-4-7-12-24,25-13-8-5-9-14-25)31-20-10-15-27-30-26(21-32-27)22-16-18-23(29)19-17-22;3*1-3-4-2;/h4-9,11-14,16-19H,10,15,20H2,1-3H3;3*1,3-4H2,2H3;. The van der Waals surface area contributed by atoms with Crippen LogP contribution in [0.3, 0.4) is 0 Å². The van der Waals surface area contributed by atoms with Crippen molar-refractivity contribution in [2.24, 2.45) is 0 Å². The van der Waals surface area contributed by atoms with Gasteiger partial charge < -0.3 is 0 Å². The fourth-order valence-electron chi connectivity index (χ4n) is 7.11. The number of hydrogen-bond donors (Lipinski definition) is 0. The third kappa shape index (κ3) is 8.80. The molecular weight excluding hydrogens is 708 g/mol. The molecule has 0 saturated carbocycles.